The molecule has 0 radical (unpaired) electrons. The lowest BCUT2D eigenvalue weighted by molar-refractivity contribution is -0.129. The van der Waals surface area contributed by atoms with Crippen molar-refractivity contribution >= 4 is 12.0 Å². The van der Waals surface area contributed by atoms with E-state index in [1.165, 1.54) is 6.08 Å². The molecule has 0 saturated heterocycles. The van der Waals surface area contributed by atoms with E-state index in [9.17, 15) is 4.79 Å². The average Bonchev–Trinajstić information content (AvgIpc) is 2.54. The summed E-state index contributed by atoms with van der Waals surface area (Å²) in [6.07, 6.45) is 3.09. The minimum absolute atomic E-state index is 0.322. The Morgan fingerprint density at radius 3 is 2.57 bits per heavy atom. The maximum atomic E-state index is 11.6. The summed E-state index contributed by atoms with van der Waals surface area (Å²) in [5.74, 6) is 0.392. The maximum Gasteiger partial charge on any atom is 0.267 e. The highest BCUT2D eigenvalue weighted by atomic mass is 16.6. The summed E-state index contributed by atoms with van der Waals surface area (Å²) >= 11 is 0. The van der Waals surface area contributed by atoms with Crippen molar-refractivity contribution in [3.8, 4) is 5.75 Å². The largest absolute Gasteiger partial charge is 0.496 e. The van der Waals surface area contributed by atoms with Crippen LogP contribution in [-0.2, 0) is 16.2 Å². The molecule has 0 atom stereocenters. The summed E-state index contributed by atoms with van der Waals surface area (Å²) < 4.78 is 5.20. The highest BCUT2D eigenvalue weighted by Crippen LogP contribution is 2.18. The molecule has 2 aromatic rings. The van der Waals surface area contributed by atoms with Gasteiger partial charge in [0.1, 0.15) is 5.75 Å². The van der Waals surface area contributed by atoms with E-state index >= 15 is 0 Å². The highest BCUT2D eigenvalue weighted by molar-refractivity contribution is 5.91. The predicted octanol–water partition coefficient (Wildman–Crippen LogP) is 2.96. The van der Waals surface area contributed by atoms with Crippen molar-refractivity contribution in [3.63, 3.8) is 0 Å². The van der Waals surface area contributed by atoms with E-state index in [0.717, 1.165) is 11.1 Å². The molecule has 0 aromatic heterocycles. The van der Waals surface area contributed by atoms with Gasteiger partial charge in [-0.3, -0.25) is 9.63 Å². The summed E-state index contributed by atoms with van der Waals surface area (Å²) in [7, 11) is 1.59. The van der Waals surface area contributed by atoms with Gasteiger partial charge < -0.3 is 4.74 Å². The second-order valence-corrected chi connectivity index (χ2v) is 4.32. The van der Waals surface area contributed by atoms with Crippen LogP contribution in [0, 0.1) is 0 Å². The summed E-state index contributed by atoms with van der Waals surface area (Å²) in [5, 5.41) is 0. The third kappa shape index (κ3) is 4.78. The maximum absolute atomic E-state index is 11.6. The van der Waals surface area contributed by atoms with Crippen LogP contribution >= 0.6 is 0 Å². The van der Waals surface area contributed by atoms with Crippen LogP contribution in [-0.4, -0.2) is 13.0 Å². The molecule has 2 aromatic carbocycles. The number of benzene rings is 2. The number of hydrogen-bond acceptors (Lipinski definition) is 3. The molecule has 108 valence electrons. The molecule has 0 aliphatic rings. The number of ether oxygens (including phenoxy) is 1. The summed E-state index contributed by atoms with van der Waals surface area (Å²) in [4.78, 5) is 16.8. The van der Waals surface area contributed by atoms with E-state index in [1.54, 1.807) is 13.2 Å². The molecule has 0 heterocycles. The number of para-hydroxylation sites is 1. The molecule has 4 nitrogen and oxygen atoms in total. The number of carbonyl (C=O) groups is 1. The minimum atomic E-state index is -0.322. The molecule has 21 heavy (non-hydrogen) atoms. The van der Waals surface area contributed by atoms with Gasteiger partial charge in [0.15, 0.2) is 0 Å². The number of hydrogen-bond donors (Lipinski definition) is 1. The first-order chi connectivity index (χ1) is 10.3. The van der Waals surface area contributed by atoms with Crippen LogP contribution in [0.15, 0.2) is 60.7 Å². The zero-order chi connectivity index (χ0) is 14.9. The number of carbonyl (C=O) groups excluding carboxylic acids is 1. The fourth-order valence-electron chi connectivity index (χ4n) is 1.77. The van der Waals surface area contributed by atoms with Crippen LogP contribution < -0.4 is 10.2 Å². The van der Waals surface area contributed by atoms with Gasteiger partial charge in [-0.15, -0.1) is 0 Å². The third-order valence-corrected chi connectivity index (χ3v) is 2.81. The molecular weight excluding hydrogens is 266 g/mol. The first kappa shape index (κ1) is 14.8. The molecule has 4 heteroatoms. The van der Waals surface area contributed by atoms with Gasteiger partial charge in [-0.1, -0.05) is 48.5 Å². The normalized spacial score (nSPS) is 10.5. The van der Waals surface area contributed by atoms with Crippen LogP contribution in [0.2, 0.25) is 0 Å². The molecule has 0 fully saturated rings. The first-order valence-electron chi connectivity index (χ1n) is 6.56. The Morgan fingerprint density at radius 1 is 1.10 bits per heavy atom. The van der Waals surface area contributed by atoms with Gasteiger partial charge in [0.25, 0.3) is 5.91 Å². The number of rotatable bonds is 6. The molecule has 0 unspecified atom stereocenters. The van der Waals surface area contributed by atoms with Crippen molar-refractivity contribution in [1.29, 1.82) is 0 Å². The fraction of sp³-hybridized carbons (Fsp3) is 0.118. The Bertz CT molecular complexity index is 608. The van der Waals surface area contributed by atoms with E-state index in [4.69, 9.17) is 9.57 Å². The minimum Gasteiger partial charge on any atom is -0.496 e. The van der Waals surface area contributed by atoms with Gasteiger partial charge >= 0.3 is 0 Å². The quantitative estimate of drug-likeness (QED) is 0.655. The Hall–Kier alpha value is -2.59. The molecule has 0 bridgehead atoms. The van der Waals surface area contributed by atoms with Gasteiger partial charge in [-0.2, -0.15) is 0 Å². The Labute approximate surface area is 124 Å². The van der Waals surface area contributed by atoms with Gasteiger partial charge in [-0.25, -0.2) is 5.48 Å². The molecular formula is C17H17NO3. The second kappa shape index (κ2) is 7.87. The van der Waals surface area contributed by atoms with E-state index in [2.05, 4.69) is 5.48 Å². The average molecular weight is 283 g/mol. The van der Waals surface area contributed by atoms with Crippen LogP contribution in [0.5, 0.6) is 5.75 Å². The Balaban J connectivity index is 1.83. The van der Waals surface area contributed by atoms with Crippen molar-refractivity contribution in [1.82, 2.24) is 5.48 Å². The van der Waals surface area contributed by atoms with E-state index in [0.29, 0.717) is 12.4 Å². The van der Waals surface area contributed by atoms with Gasteiger partial charge in [0.05, 0.1) is 13.7 Å². The third-order valence-electron chi connectivity index (χ3n) is 2.81. The van der Waals surface area contributed by atoms with Crippen molar-refractivity contribution in [2.24, 2.45) is 0 Å². The molecule has 1 amide bonds. The van der Waals surface area contributed by atoms with Crippen LogP contribution in [0.3, 0.4) is 0 Å². The number of hydroxylamine groups is 1. The topological polar surface area (TPSA) is 47.6 Å². The van der Waals surface area contributed by atoms with Crippen LogP contribution in [0.4, 0.5) is 0 Å². The summed E-state index contributed by atoms with van der Waals surface area (Å²) in [6.45, 7) is 0.328. The van der Waals surface area contributed by atoms with E-state index in [-0.39, 0.29) is 5.91 Å². The summed E-state index contributed by atoms with van der Waals surface area (Å²) in [5.41, 5.74) is 4.20. The molecule has 0 saturated carbocycles. The SMILES string of the molecule is COc1ccccc1C=CC(=O)NOCc1ccccc1. The Morgan fingerprint density at radius 2 is 1.81 bits per heavy atom. The van der Waals surface area contributed by atoms with Crippen LogP contribution in [0.1, 0.15) is 11.1 Å². The van der Waals surface area contributed by atoms with Crippen molar-refractivity contribution in [2.75, 3.05) is 7.11 Å². The molecule has 0 aliphatic carbocycles. The van der Waals surface area contributed by atoms with Crippen LogP contribution in [0.25, 0.3) is 6.08 Å². The van der Waals surface area contributed by atoms with Crippen molar-refractivity contribution in [2.45, 2.75) is 6.61 Å². The lowest BCUT2D eigenvalue weighted by atomic mass is 10.2. The monoisotopic (exact) mass is 283 g/mol. The first-order valence-corrected chi connectivity index (χ1v) is 6.56. The smallest absolute Gasteiger partial charge is 0.267 e. The molecule has 2 rings (SSSR count). The van der Waals surface area contributed by atoms with E-state index in [1.807, 2.05) is 54.6 Å². The Kier molecular flexibility index (Phi) is 5.55. The van der Waals surface area contributed by atoms with E-state index < -0.39 is 0 Å². The van der Waals surface area contributed by atoms with Gasteiger partial charge in [-0.05, 0) is 17.7 Å². The molecule has 0 aliphatic heterocycles. The summed E-state index contributed by atoms with van der Waals surface area (Å²) in [6, 6.07) is 17.1. The number of methoxy groups -OCH3 is 1. The predicted molar refractivity (Wildman–Crippen MR) is 81.4 cm³/mol. The standard InChI is InChI=1S/C17H17NO3/c1-20-16-10-6-5-9-15(16)11-12-17(19)18-21-13-14-7-3-2-4-8-14/h2-12H,13H2,1H3,(H,18,19). The molecule has 1 N–H and O–H groups in total. The lowest BCUT2D eigenvalue weighted by Gasteiger charge is -2.04. The van der Waals surface area contributed by atoms with Gasteiger partial charge in [0.2, 0.25) is 0 Å². The second-order valence-electron chi connectivity index (χ2n) is 4.32. The zero-order valence-electron chi connectivity index (χ0n) is 11.8. The van der Waals surface area contributed by atoms with Gasteiger partial charge in [0, 0.05) is 11.6 Å². The lowest BCUT2D eigenvalue weighted by Crippen LogP contribution is -2.21. The number of amides is 1. The van der Waals surface area contributed by atoms with Crippen molar-refractivity contribution < 1.29 is 14.4 Å². The fourth-order valence-corrected chi connectivity index (χ4v) is 1.77. The molecule has 0 spiro atoms. The van der Waals surface area contributed by atoms with Crippen molar-refractivity contribution in [3.05, 3.63) is 71.8 Å². The highest BCUT2D eigenvalue weighted by Gasteiger charge is 1.99. The number of nitrogens with one attached hydrogen (secondary N) is 1. The zero-order valence-corrected chi connectivity index (χ0v) is 11.8.